The summed E-state index contributed by atoms with van der Waals surface area (Å²) in [7, 11) is 1.72. The Morgan fingerprint density at radius 1 is 1.13 bits per heavy atom. The van der Waals surface area contributed by atoms with Crippen molar-refractivity contribution in [3.63, 3.8) is 0 Å². The molecule has 1 N–H and O–H groups in total. The summed E-state index contributed by atoms with van der Waals surface area (Å²) in [5.41, 5.74) is 1.92. The molecule has 0 fully saturated rings. The molecule has 0 unspecified atom stereocenters. The highest BCUT2D eigenvalue weighted by Crippen LogP contribution is 2.32. The minimum atomic E-state index is -4.59. The van der Waals surface area contributed by atoms with Crippen LogP contribution in [0.3, 0.4) is 0 Å². The van der Waals surface area contributed by atoms with Gasteiger partial charge >= 0.3 is 6.18 Å². The van der Waals surface area contributed by atoms with Gasteiger partial charge in [-0.05, 0) is 18.6 Å². The van der Waals surface area contributed by atoms with Gasteiger partial charge in [0.1, 0.15) is 11.5 Å². The topological polar surface area (TPSA) is 44.8 Å². The summed E-state index contributed by atoms with van der Waals surface area (Å²) in [6.07, 6.45) is -4.59. The third-order valence-corrected chi connectivity index (χ3v) is 3.48. The maximum absolute atomic E-state index is 13.0. The first-order chi connectivity index (χ1) is 10.8. The highest BCUT2D eigenvalue weighted by molar-refractivity contribution is 5.88. The number of nitrogens with one attached hydrogen (secondary N) is 1. The number of anilines is 1. The van der Waals surface area contributed by atoms with Crippen LogP contribution in [0.1, 0.15) is 17.1 Å². The van der Waals surface area contributed by atoms with Crippen molar-refractivity contribution in [1.82, 2.24) is 15.0 Å². The second-order valence-electron chi connectivity index (χ2n) is 5.42. The molecule has 0 spiro atoms. The van der Waals surface area contributed by atoms with E-state index in [1.54, 1.807) is 24.9 Å². The van der Waals surface area contributed by atoms with Crippen LogP contribution in [0.2, 0.25) is 0 Å². The number of H-pyrrole nitrogens is 1. The number of benzene rings is 1. The number of fused-ring (bicyclic) bond motifs is 1. The third-order valence-electron chi connectivity index (χ3n) is 3.48. The van der Waals surface area contributed by atoms with Crippen molar-refractivity contribution in [1.29, 1.82) is 0 Å². The van der Waals surface area contributed by atoms with Crippen molar-refractivity contribution >= 4 is 16.9 Å². The lowest BCUT2D eigenvalue weighted by atomic mass is 10.2. The van der Waals surface area contributed by atoms with E-state index in [1.807, 2.05) is 30.3 Å². The molecule has 0 saturated carbocycles. The zero-order chi connectivity index (χ0) is 16.6. The lowest BCUT2D eigenvalue weighted by molar-refractivity contribution is -0.144. The first-order valence-electron chi connectivity index (χ1n) is 7.04. The van der Waals surface area contributed by atoms with Gasteiger partial charge in [0.25, 0.3) is 0 Å². The average molecular weight is 320 g/mol. The molecule has 0 amide bonds. The Balaban J connectivity index is 2.07. The Hall–Kier alpha value is -2.57. The van der Waals surface area contributed by atoms with Gasteiger partial charge in [0.15, 0.2) is 0 Å². The quantitative estimate of drug-likeness (QED) is 0.795. The van der Waals surface area contributed by atoms with Gasteiger partial charge in [-0.15, -0.1) is 0 Å². The van der Waals surface area contributed by atoms with Gasteiger partial charge in [0, 0.05) is 19.3 Å². The van der Waals surface area contributed by atoms with Gasteiger partial charge in [0.2, 0.25) is 5.82 Å². The fourth-order valence-corrected chi connectivity index (χ4v) is 2.48. The fourth-order valence-electron chi connectivity index (χ4n) is 2.48. The van der Waals surface area contributed by atoms with Gasteiger partial charge in [-0.1, -0.05) is 30.3 Å². The van der Waals surface area contributed by atoms with E-state index in [-0.39, 0.29) is 11.5 Å². The predicted molar refractivity (Wildman–Crippen MR) is 82.2 cm³/mol. The van der Waals surface area contributed by atoms with E-state index >= 15 is 0 Å². The van der Waals surface area contributed by atoms with Crippen LogP contribution in [0.15, 0.2) is 36.4 Å². The summed E-state index contributed by atoms with van der Waals surface area (Å²) in [5.74, 6) is -0.878. The van der Waals surface area contributed by atoms with Gasteiger partial charge < -0.3 is 9.88 Å². The molecule has 0 saturated heterocycles. The van der Waals surface area contributed by atoms with Crippen LogP contribution in [-0.2, 0) is 12.7 Å². The van der Waals surface area contributed by atoms with E-state index in [4.69, 9.17) is 0 Å². The monoisotopic (exact) mass is 320 g/mol. The molecule has 3 aromatic rings. The molecule has 0 aliphatic rings. The molecule has 0 aliphatic heterocycles. The number of aromatic nitrogens is 3. The molecule has 1 aromatic carbocycles. The SMILES string of the molecule is Cc1cc2c(N(C)Cc3ccccc3)nc(C(F)(F)F)nc2[nH]1. The Kier molecular flexibility index (Phi) is 3.71. The van der Waals surface area contributed by atoms with E-state index in [9.17, 15) is 13.2 Å². The maximum atomic E-state index is 13.0. The number of halogens is 3. The minimum absolute atomic E-state index is 0.194. The van der Waals surface area contributed by atoms with Crippen LogP contribution < -0.4 is 4.90 Å². The molecule has 0 aliphatic carbocycles. The van der Waals surface area contributed by atoms with Gasteiger partial charge in [-0.2, -0.15) is 13.2 Å². The van der Waals surface area contributed by atoms with Crippen molar-refractivity contribution in [2.75, 3.05) is 11.9 Å². The summed E-state index contributed by atoms with van der Waals surface area (Å²) in [4.78, 5) is 11.9. The van der Waals surface area contributed by atoms with Gasteiger partial charge in [0.05, 0.1) is 5.39 Å². The number of hydrogen-bond acceptors (Lipinski definition) is 3. The standard InChI is InChI=1S/C16H15F3N4/c1-10-8-12-13(20-10)21-15(16(17,18)19)22-14(12)23(2)9-11-6-4-3-5-7-11/h3-8H,9H2,1-2H3,(H,20,21,22). The molecule has 4 nitrogen and oxygen atoms in total. The lowest BCUT2D eigenvalue weighted by Gasteiger charge is -2.20. The fraction of sp³-hybridized carbons (Fsp3) is 0.250. The van der Waals surface area contributed by atoms with Crippen LogP contribution in [0.25, 0.3) is 11.0 Å². The Morgan fingerprint density at radius 2 is 1.83 bits per heavy atom. The Bertz CT molecular complexity index is 824. The third kappa shape index (κ3) is 3.13. The van der Waals surface area contributed by atoms with Crippen LogP contribution in [0, 0.1) is 6.92 Å². The van der Waals surface area contributed by atoms with Crippen molar-refractivity contribution < 1.29 is 13.2 Å². The molecule has 3 rings (SSSR count). The number of hydrogen-bond donors (Lipinski definition) is 1. The van der Waals surface area contributed by atoms with Crippen LogP contribution in [0.5, 0.6) is 0 Å². The first-order valence-corrected chi connectivity index (χ1v) is 7.04. The summed E-state index contributed by atoms with van der Waals surface area (Å²) in [5, 5.41) is 0.578. The van der Waals surface area contributed by atoms with Crippen LogP contribution >= 0.6 is 0 Å². The van der Waals surface area contributed by atoms with Crippen LogP contribution in [0.4, 0.5) is 19.0 Å². The lowest BCUT2D eigenvalue weighted by Crippen LogP contribution is -2.21. The van der Waals surface area contributed by atoms with E-state index in [0.29, 0.717) is 11.9 Å². The van der Waals surface area contributed by atoms with Crippen molar-refractivity contribution in [3.8, 4) is 0 Å². The molecular weight excluding hydrogens is 305 g/mol. The minimum Gasteiger partial charge on any atom is -0.355 e. The Labute approximate surface area is 131 Å². The molecule has 120 valence electrons. The normalized spacial score (nSPS) is 11.9. The molecule has 2 aromatic heterocycles. The van der Waals surface area contributed by atoms with E-state index in [2.05, 4.69) is 15.0 Å². The number of aryl methyl sites for hydroxylation is 1. The second-order valence-corrected chi connectivity index (χ2v) is 5.42. The van der Waals surface area contributed by atoms with Crippen molar-refractivity contribution in [2.24, 2.45) is 0 Å². The highest BCUT2D eigenvalue weighted by Gasteiger charge is 2.36. The number of aromatic amines is 1. The van der Waals surface area contributed by atoms with Gasteiger partial charge in [-0.25, -0.2) is 9.97 Å². The molecule has 2 heterocycles. The molecule has 7 heteroatoms. The summed E-state index contributed by atoms with van der Waals surface area (Å²) >= 11 is 0. The molecule has 0 radical (unpaired) electrons. The summed E-state index contributed by atoms with van der Waals surface area (Å²) in [6.45, 7) is 2.23. The predicted octanol–water partition coefficient (Wildman–Crippen LogP) is 3.92. The summed E-state index contributed by atoms with van der Waals surface area (Å²) < 4.78 is 39.1. The zero-order valence-electron chi connectivity index (χ0n) is 12.6. The molecule has 23 heavy (non-hydrogen) atoms. The van der Waals surface area contributed by atoms with Crippen LogP contribution in [-0.4, -0.2) is 22.0 Å². The Morgan fingerprint density at radius 3 is 2.48 bits per heavy atom. The summed E-state index contributed by atoms with van der Waals surface area (Å²) in [6, 6.07) is 11.3. The second kappa shape index (κ2) is 5.57. The van der Waals surface area contributed by atoms with E-state index in [1.165, 1.54) is 0 Å². The van der Waals surface area contributed by atoms with E-state index in [0.717, 1.165) is 11.3 Å². The number of alkyl halides is 3. The molecule has 0 bridgehead atoms. The average Bonchev–Trinajstić information content (AvgIpc) is 2.86. The van der Waals surface area contributed by atoms with Crippen molar-refractivity contribution in [2.45, 2.75) is 19.6 Å². The molecular formula is C16H15F3N4. The number of nitrogens with zero attached hydrogens (tertiary/aromatic N) is 3. The highest BCUT2D eigenvalue weighted by atomic mass is 19.4. The van der Waals surface area contributed by atoms with Crippen molar-refractivity contribution in [3.05, 3.63) is 53.5 Å². The molecule has 0 atom stereocenters. The number of rotatable bonds is 3. The first kappa shape index (κ1) is 15.3. The van der Waals surface area contributed by atoms with E-state index < -0.39 is 12.0 Å². The van der Waals surface area contributed by atoms with Gasteiger partial charge in [-0.3, -0.25) is 0 Å². The maximum Gasteiger partial charge on any atom is 0.451 e. The largest absolute Gasteiger partial charge is 0.451 e. The smallest absolute Gasteiger partial charge is 0.355 e. The zero-order valence-corrected chi connectivity index (χ0v) is 12.6.